The van der Waals surface area contributed by atoms with Gasteiger partial charge in [-0.05, 0) is 5.56 Å². The van der Waals surface area contributed by atoms with Gasteiger partial charge < -0.3 is 18.9 Å². The molecule has 0 N–H and O–H groups in total. The Morgan fingerprint density at radius 1 is 1.00 bits per heavy atom. The molecular formula is C16H21NO8. The average molecular weight is 355 g/mol. The number of rotatable bonds is 10. The van der Waals surface area contributed by atoms with E-state index in [4.69, 9.17) is 18.9 Å². The first-order valence-corrected chi connectivity index (χ1v) is 7.42. The standard InChI is InChI=1S/C16H21NO8/c1-22-10-11-25-9-8-16(14(18)23-2,15(19)24-3)12-4-6-13(7-5-12)17(20)21/h4-7H,8-11H2,1-3H3. The zero-order chi connectivity index (χ0) is 18.9. The Morgan fingerprint density at radius 3 is 2.00 bits per heavy atom. The first-order chi connectivity index (χ1) is 11.9. The predicted molar refractivity (Wildman–Crippen MR) is 86.1 cm³/mol. The van der Waals surface area contributed by atoms with E-state index in [9.17, 15) is 19.7 Å². The molecule has 0 unspecified atom stereocenters. The number of hydrogen-bond acceptors (Lipinski definition) is 8. The quantitative estimate of drug-likeness (QED) is 0.202. The lowest BCUT2D eigenvalue weighted by molar-refractivity contribution is -0.384. The Labute approximate surface area is 145 Å². The van der Waals surface area contributed by atoms with Gasteiger partial charge in [-0.3, -0.25) is 19.7 Å². The van der Waals surface area contributed by atoms with Crippen molar-refractivity contribution in [3.8, 4) is 0 Å². The highest BCUT2D eigenvalue weighted by molar-refractivity contribution is 6.06. The molecule has 0 aliphatic carbocycles. The number of methoxy groups -OCH3 is 3. The topological polar surface area (TPSA) is 114 Å². The van der Waals surface area contributed by atoms with E-state index in [1.807, 2.05) is 0 Å². The van der Waals surface area contributed by atoms with Crippen molar-refractivity contribution in [1.82, 2.24) is 0 Å². The van der Waals surface area contributed by atoms with Gasteiger partial charge in [0.15, 0.2) is 5.41 Å². The Hall–Kier alpha value is -2.52. The van der Waals surface area contributed by atoms with Gasteiger partial charge in [-0.1, -0.05) is 12.1 Å². The van der Waals surface area contributed by atoms with Crippen molar-refractivity contribution >= 4 is 17.6 Å². The van der Waals surface area contributed by atoms with E-state index in [2.05, 4.69) is 0 Å². The van der Waals surface area contributed by atoms with Crippen molar-refractivity contribution in [3.63, 3.8) is 0 Å². The minimum absolute atomic E-state index is 0.0477. The summed E-state index contributed by atoms with van der Waals surface area (Å²) in [5.41, 5.74) is -1.71. The van der Waals surface area contributed by atoms with Crippen molar-refractivity contribution in [2.75, 3.05) is 41.2 Å². The van der Waals surface area contributed by atoms with Crippen LogP contribution in [-0.2, 0) is 34.0 Å². The van der Waals surface area contributed by atoms with Crippen molar-refractivity contribution < 1.29 is 33.5 Å². The second kappa shape index (κ2) is 9.70. The van der Waals surface area contributed by atoms with E-state index in [1.54, 1.807) is 0 Å². The number of carbonyl (C=O) groups is 2. The second-order valence-corrected chi connectivity index (χ2v) is 5.05. The predicted octanol–water partition coefficient (Wildman–Crippen LogP) is 1.23. The Kier molecular flexibility index (Phi) is 7.96. The van der Waals surface area contributed by atoms with Gasteiger partial charge in [0.2, 0.25) is 0 Å². The molecule has 1 aromatic rings. The number of benzene rings is 1. The molecule has 138 valence electrons. The molecule has 1 rings (SSSR count). The van der Waals surface area contributed by atoms with Gasteiger partial charge >= 0.3 is 11.9 Å². The molecule has 1 aromatic carbocycles. The average Bonchev–Trinajstić information content (AvgIpc) is 2.63. The molecular weight excluding hydrogens is 334 g/mol. The number of hydrogen-bond donors (Lipinski definition) is 0. The van der Waals surface area contributed by atoms with Crippen LogP contribution < -0.4 is 0 Å². The number of ether oxygens (including phenoxy) is 4. The maximum absolute atomic E-state index is 12.4. The minimum Gasteiger partial charge on any atom is -0.468 e. The largest absolute Gasteiger partial charge is 0.468 e. The molecule has 0 aromatic heterocycles. The third kappa shape index (κ3) is 4.74. The summed E-state index contributed by atoms with van der Waals surface area (Å²) in [5.74, 6) is -1.66. The summed E-state index contributed by atoms with van der Waals surface area (Å²) < 4.78 is 19.8. The minimum atomic E-state index is -1.77. The van der Waals surface area contributed by atoms with Crippen LogP contribution in [0.15, 0.2) is 24.3 Å². The molecule has 0 atom stereocenters. The van der Waals surface area contributed by atoms with Gasteiger partial charge in [0, 0.05) is 32.3 Å². The lowest BCUT2D eigenvalue weighted by atomic mass is 9.77. The second-order valence-electron chi connectivity index (χ2n) is 5.05. The molecule has 0 amide bonds. The SMILES string of the molecule is COCCOCCC(C(=O)OC)(C(=O)OC)c1ccc([N+](=O)[O-])cc1. The van der Waals surface area contributed by atoms with Gasteiger partial charge in [-0.25, -0.2) is 0 Å². The third-order valence-electron chi connectivity index (χ3n) is 3.69. The highest BCUT2D eigenvalue weighted by atomic mass is 16.6. The van der Waals surface area contributed by atoms with Crippen LogP contribution in [0.2, 0.25) is 0 Å². The first kappa shape index (κ1) is 20.5. The van der Waals surface area contributed by atoms with E-state index in [0.29, 0.717) is 6.61 Å². The number of nitro benzene ring substituents is 1. The van der Waals surface area contributed by atoms with Crippen LogP contribution in [0.5, 0.6) is 0 Å². The van der Waals surface area contributed by atoms with E-state index in [-0.39, 0.29) is 30.9 Å². The van der Waals surface area contributed by atoms with E-state index >= 15 is 0 Å². The fraction of sp³-hybridized carbons (Fsp3) is 0.500. The van der Waals surface area contributed by atoms with Crippen LogP contribution in [0.3, 0.4) is 0 Å². The summed E-state index contributed by atoms with van der Waals surface area (Å²) in [6.07, 6.45) is -0.0477. The summed E-state index contributed by atoms with van der Waals surface area (Å²) >= 11 is 0. The van der Waals surface area contributed by atoms with Crippen LogP contribution in [0, 0.1) is 10.1 Å². The van der Waals surface area contributed by atoms with Crippen LogP contribution in [0.1, 0.15) is 12.0 Å². The fourth-order valence-electron chi connectivity index (χ4n) is 2.35. The number of nitro groups is 1. The van der Waals surface area contributed by atoms with Crippen molar-refractivity contribution in [3.05, 3.63) is 39.9 Å². The molecule has 0 radical (unpaired) electrons. The van der Waals surface area contributed by atoms with Crippen LogP contribution in [-0.4, -0.2) is 58.0 Å². The Morgan fingerprint density at radius 2 is 1.56 bits per heavy atom. The summed E-state index contributed by atoms with van der Waals surface area (Å²) in [5, 5.41) is 10.8. The molecule has 9 nitrogen and oxygen atoms in total. The monoisotopic (exact) mass is 355 g/mol. The number of carbonyl (C=O) groups excluding carboxylic acids is 2. The Balaban J connectivity index is 3.21. The summed E-state index contributed by atoms with van der Waals surface area (Å²) in [6.45, 7) is 0.709. The zero-order valence-electron chi connectivity index (χ0n) is 14.4. The molecule has 0 heterocycles. The van der Waals surface area contributed by atoms with Crippen molar-refractivity contribution in [2.24, 2.45) is 0 Å². The van der Waals surface area contributed by atoms with Crippen molar-refractivity contribution in [2.45, 2.75) is 11.8 Å². The van der Waals surface area contributed by atoms with Crippen LogP contribution in [0.25, 0.3) is 0 Å². The highest BCUT2D eigenvalue weighted by Crippen LogP contribution is 2.32. The van der Waals surface area contributed by atoms with Gasteiger partial charge in [0.05, 0.1) is 32.4 Å². The maximum atomic E-state index is 12.4. The molecule has 0 spiro atoms. The number of non-ortho nitro benzene ring substituents is 1. The maximum Gasteiger partial charge on any atom is 0.327 e. The van der Waals surface area contributed by atoms with E-state index in [0.717, 1.165) is 14.2 Å². The number of esters is 2. The number of nitrogens with zero attached hydrogens (tertiary/aromatic N) is 1. The van der Waals surface area contributed by atoms with Gasteiger partial charge in [-0.15, -0.1) is 0 Å². The molecule has 25 heavy (non-hydrogen) atoms. The van der Waals surface area contributed by atoms with E-state index < -0.39 is 22.3 Å². The van der Waals surface area contributed by atoms with Gasteiger partial charge in [0.25, 0.3) is 5.69 Å². The molecule has 0 saturated carbocycles. The fourth-order valence-corrected chi connectivity index (χ4v) is 2.35. The van der Waals surface area contributed by atoms with E-state index in [1.165, 1.54) is 31.4 Å². The van der Waals surface area contributed by atoms with Crippen LogP contribution in [0.4, 0.5) is 5.69 Å². The third-order valence-corrected chi connectivity index (χ3v) is 3.69. The Bertz CT molecular complexity index is 583. The first-order valence-electron chi connectivity index (χ1n) is 7.42. The van der Waals surface area contributed by atoms with Gasteiger partial charge in [-0.2, -0.15) is 0 Å². The van der Waals surface area contributed by atoms with Gasteiger partial charge in [0.1, 0.15) is 0 Å². The molecule has 0 aliphatic rings. The highest BCUT2D eigenvalue weighted by Gasteiger charge is 2.50. The molecule has 0 fully saturated rings. The lowest BCUT2D eigenvalue weighted by Crippen LogP contribution is -2.46. The summed E-state index contributed by atoms with van der Waals surface area (Å²) in [6, 6.07) is 5.09. The van der Waals surface area contributed by atoms with Crippen LogP contribution >= 0.6 is 0 Å². The zero-order valence-corrected chi connectivity index (χ0v) is 14.4. The summed E-state index contributed by atoms with van der Waals surface area (Å²) in [7, 11) is 3.82. The molecule has 0 bridgehead atoms. The lowest BCUT2D eigenvalue weighted by Gasteiger charge is -2.28. The smallest absolute Gasteiger partial charge is 0.327 e. The normalized spacial score (nSPS) is 11.0. The molecule has 9 heteroatoms. The van der Waals surface area contributed by atoms with Crippen molar-refractivity contribution in [1.29, 1.82) is 0 Å². The molecule has 0 saturated heterocycles. The summed E-state index contributed by atoms with van der Waals surface area (Å²) in [4.78, 5) is 35.1. The molecule has 0 aliphatic heterocycles.